The van der Waals surface area contributed by atoms with Crippen LogP contribution < -0.4 is 20.1 Å². The van der Waals surface area contributed by atoms with E-state index in [0.29, 0.717) is 56.3 Å². The minimum Gasteiger partial charge on any atom is -0.494 e. The van der Waals surface area contributed by atoms with Crippen molar-refractivity contribution in [2.45, 2.75) is 36.8 Å². The van der Waals surface area contributed by atoms with Gasteiger partial charge >= 0.3 is 0 Å². The second-order valence-corrected chi connectivity index (χ2v) is 9.24. The van der Waals surface area contributed by atoms with Gasteiger partial charge in [-0.1, -0.05) is 12.1 Å². The number of hydrogen-bond acceptors (Lipinski definition) is 6. The second-order valence-electron chi connectivity index (χ2n) is 8.10. The molecule has 2 aliphatic heterocycles. The van der Waals surface area contributed by atoms with Gasteiger partial charge in [0.15, 0.2) is 5.25 Å². The van der Waals surface area contributed by atoms with E-state index < -0.39 is 5.25 Å². The number of benzene rings is 2. The zero-order chi connectivity index (χ0) is 24.1. The van der Waals surface area contributed by atoms with Crippen LogP contribution in [0.5, 0.6) is 11.5 Å². The van der Waals surface area contributed by atoms with Crippen molar-refractivity contribution in [3.63, 3.8) is 0 Å². The van der Waals surface area contributed by atoms with Crippen LogP contribution in [0.1, 0.15) is 26.7 Å². The quantitative estimate of drug-likeness (QED) is 0.582. The summed E-state index contributed by atoms with van der Waals surface area (Å²) in [5, 5.41) is 4.98. The minimum absolute atomic E-state index is 0.111. The molecule has 2 heterocycles. The van der Waals surface area contributed by atoms with Gasteiger partial charge in [-0.25, -0.2) is 0 Å². The summed E-state index contributed by atoms with van der Waals surface area (Å²) in [6.07, 6.45) is 1.06. The van der Waals surface area contributed by atoms with Gasteiger partial charge in [0.25, 0.3) is 0 Å². The number of fused-ring (bicyclic) bond motifs is 1. The monoisotopic (exact) mass is 483 g/mol. The number of carbonyl (C=O) groups is 3. The highest BCUT2D eigenvalue weighted by Crippen LogP contribution is 2.37. The lowest BCUT2D eigenvalue weighted by atomic mass is 9.95. The van der Waals surface area contributed by atoms with E-state index in [2.05, 4.69) is 10.6 Å². The molecule has 0 radical (unpaired) electrons. The van der Waals surface area contributed by atoms with E-state index >= 15 is 0 Å². The molecule has 4 rings (SSSR count). The van der Waals surface area contributed by atoms with Crippen molar-refractivity contribution in [2.75, 3.05) is 36.9 Å². The first-order valence-corrected chi connectivity index (χ1v) is 12.4. The van der Waals surface area contributed by atoms with Crippen LogP contribution in [0.3, 0.4) is 0 Å². The Labute approximate surface area is 203 Å². The Morgan fingerprint density at radius 1 is 1.09 bits per heavy atom. The average Bonchev–Trinajstić information content (AvgIpc) is 2.85. The maximum Gasteiger partial charge on any atom is 0.247 e. The third kappa shape index (κ3) is 5.30. The van der Waals surface area contributed by atoms with Crippen molar-refractivity contribution in [3.05, 3.63) is 42.5 Å². The van der Waals surface area contributed by atoms with E-state index in [1.54, 1.807) is 17.0 Å². The molecule has 0 aromatic heterocycles. The molecule has 2 aromatic rings. The predicted molar refractivity (Wildman–Crippen MR) is 131 cm³/mol. The van der Waals surface area contributed by atoms with Crippen molar-refractivity contribution in [1.29, 1.82) is 0 Å². The molecule has 3 amide bonds. The molecule has 180 valence electrons. The van der Waals surface area contributed by atoms with Crippen LogP contribution in [0, 0.1) is 5.92 Å². The molecule has 1 unspecified atom stereocenters. The number of thioether (sulfide) groups is 1. The number of hydrogen-bond donors (Lipinski definition) is 2. The lowest BCUT2D eigenvalue weighted by Gasteiger charge is -2.34. The second kappa shape index (κ2) is 10.8. The van der Waals surface area contributed by atoms with Gasteiger partial charge in [-0.2, -0.15) is 0 Å². The molecule has 0 aliphatic carbocycles. The van der Waals surface area contributed by atoms with E-state index in [1.165, 1.54) is 11.8 Å². The molecule has 1 saturated heterocycles. The van der Waals surface area contributed by atoms with Gasteiger partial charge in [0.1, 0.15) is 11.5 Å². The molecule has 1 fully saturated rings. The number of nitrogens with zero attached hydrogens (tertiary/aromatic N) is 1. The lowest BCUT2D eigenvalue weighted by molar-refractivity contribution is -0.136. The number of nitrogens with one attached hydrogen (secondary N) is 2. The summed E-state index contributed by atoms with van der Waals surface area (Å²) >= 11 is 1.28. The maximum absolute atomic E-state index is 13.1. The number of rotatable bonds is 7. The molecule has 8 nitrogen and oxygen atoms in total. The number of likely N-dealkylation sites (tertiary alicyclic amines) is 1. The molecule has 0 saturated carbocycles. The fraction of sp³-hybridized carbons (Fsp3) is 0.400. The Bertz CT molecular complexity index is 1070. The first-order chi connectivity index (χ1) is 16.5. The Hall–Kier alpha value is -3.20. The van der Waals surface area contributed by atoms with Gasteiger partial charge < -0.3 is 25.0 Å². The molecule has 0 spiro atoms. The zero-order valence-corrected chi connectivity index (χ0v) is 20.2. The summed E-state index contributed by atoms with van der Waals surface area (Å²) < 4.78 is 11.2. The highest BCUT2D eigenvalue weighted by Gasteiger charge is 2.37. The molecule has 34 heavy (non-hydrogen) atoms. The molecule has 2 N–H and O–H groups in total. The number of para-hydroxylation sites is 1. The van der Waals surface area contributed by atoms with Crippen LogP contribution in [0.2, 0.25) is 0 Å². The Balaban J connectivity index is 1.36. The first-order valence-electron chi connectivity index (χ1n) is 11.6. The van der Waals surface area contributed by atoms with Crippen LogP contribution in [0.15, 0.2) is 47.4 Å². The summed E-state index contributed by atoms with van der Waals surface area (Å²) in [5.74, 6) is 0.396. The van der Waals surface area contributed by atoms with E-state index in [1.807, 2.05) is 44.2 Å². The highest BCUT2D eigenvalue weighted by molar-refractivity contribution is 8.01. The number of carbonyl (C=O) groups excluding carboxylic acids is 3. The Kier molecular flexibility index (Phi) is 7.62. The first kappa shape index (κ1) is 23.9. The van der Waals surface area contributed by atoms with Gasteiger partial charge in [-0.3, -0.25) is 14.4 Å². The summed E-state index contributed by atoms with van der Waals surface area (Å²) in [7, 11) is 0. The van der Waals surface area contributed by atoms with Crippen LogP contribution >= 0.6 is 11.8 Å². The molecule has 0 bridgehead atoms. The SMILES string of the molecule is CCOc1ccc(OCC)c(NC(=O)C2CCN(C(=O)C3Sc4ccccc4NC3=O)CC2)c1. The molecular formula is C25H29N3O5S. The Morgan fingerprint density at radius 3 is 2.56 bits per heavy atom. The van der Waals surface area contributed by atoms with Gasteiger partial charge in [0.05, 0.1) is 24.6 Å². The lowest BCUT2D eigenvalue weighted by Crippen LogP contribution is -2.48. The molecular weight excluding hydrogens is 454 g/mol. The van der Waals surface area contributed by atoms with E-state index in [9.17, 15) is 14.4 Å². The van der Waals surface area contributed by atoms with Crippen LogP contribution in [-0.4, -0.2) is 54.2 Å². The molecule has 9 heteroatoms. The largest absolute Gasteiger partial charge is 0.494 e. The molecule has 2 aromatic carbocycles. The Morgan fingerprint density at radius 2 is 1.82 bits per heavy atom. The third-order valence-electron chi connectivity index (χ3n) is 5.85. The van der Waals surface area contributed by atoms with Crippen molar-refractivity contribution < 1.29 is 23.9 Å². The van der Waals surface area contributed by atoms with Gasteiger partial charge in [-0.05, 0) is 51.0 Å². The summed E-state index contributed by atoms with van der Waals surface area (Å²) in [6.45, 7) is 5.65. The van der Waals surface area contributed by atoms with Gasteiger partial charge in [0, 0.05) is 30.0 Å². The van der Waals surface area contributed by atoms with Gasteiger partial charge in [-0.15, -0.1) is 11.8 Å². The van der Waals surface area contributed by atoms with Crippen molar-refractivity contribution in [3.8, 4) is 11.5 Å². The van der Waals surface area contributed by atoms with Crippen molar-refractivity contribution in [2.24, 2.45) is 5.92 Å². The fourth-order valence-electron chi connectivity index (χ4n) is 4.12. The zero-order valence-electron chi connectivity index (χ0n) is 19.3. The van der Waals surface area contributed by atoms with Crippen LogP contribution in [0.25, 0.3) is 0 Å². The maximum atomic E-state index is 13.1. The number of amides is 3. The van der Waals surface area contributed by atoms with Crippen LogP contribution in [0.4, 0.5) is 11.4 Å². The van der Waals surface area contributed by atoms with Gasteiger partial charge in [0.2, 0.25) is 17.7 Å². The summed E-state index contributed by atoms with van der Waals surface area (Å²) in [6, 6.07) is 12.8. The highest BCUT2D eigenvalue weighted by atomic mass is 32.2. The number of piperidine rings is 1. The van der Waals surface area contributed by atoms with E-state index in [-0.39, 0.29) is 23.6 Å². The smallest absolute Gasteiger partial charge is 0.247 e. The predicted octanol–water partition coefficient (Wildman–Crippen LogP) is 3.77. The molecule has 1 atom stereocenters. The van der Waals surface area contributed by atoms with Crippen molar-refractivity contribution in [1.82, 2.24) is 4.90 Å². The summed E-state index contributed by atoms with van der Waals surface area (Å²) in [5.41, 5.74) is 1.31. The van der Waals surface area contributed by atoms with E-state index in [0.717, 1.165) is 10.6 Å². The molecule has 2 aliphatic rings. The number of ether oxygens (including phenoxy) is 2. The topological polar surface area (TPSA) is 97.0 Å². The number of anilines is 2. The normalized spacial score (nSPS) is 18.0. The standard InChI is InChI=1S/C25H29N3O5S/c1-3-32-17-9-10-20(33-4-2)19(15-17)27-23(29)16-11-13-28(14-12-16)25(31)22-24(30)26-18-7-5-6-8-21(18)34-22/h5-10,15-16,22H,3-4,11-14H2,1-2H3,(H,26,30)(H,27,29). The van der Waals surface area contributed by atoms with E-state index in [4.69, 9.17) is 9.47 Å². The fourth-order valence-corrected chi connectivity index (χ4v) is 5.19. The average molecular weight is 484 g/mol. The van der Waals surface area contributed by atoms with Crippen molar-refractivity contribution >= 4 is 40.9 Å². The minimum atomic E-state index is -0.810. The van der Waals surface area contributed by atoms with Crippen LogP contribution in [-0.2, 0) is 14.4 Å². The third-order valence-corrected chi connectivity index (χ3v) is 7.11. The summed E-state index contributed by atoms with van der Waals surface area (Å²) in [4.78, 5) is 41.1.